The van der Waals surface area contributed by atoms with Gasteiger partial charge in [0.2, 0.25) is 0 Å². The van der Waals surface area contributed by atoms with Gasteiger partial charge in [-0.1, -0.05) is 38.1 Å². The third-order valence-corrected chi connectivity index (χ3v) is 18.3. The minimum Gasteiger partial charge on any atom is -0.390 e. The van der Waals surface area contributed by atoms with E-state index in [1.54, 1.807) is 6.07 Å². The van der Waals surface area contributed by atoms with E-state index in [2.05, 4.69) is 78.8 Å². The van der Waals surface area contributed by atoms with Gasteiger partial charge in [0.05, 0.1) is 64.3 Å². The van der Waals surface area contributed by atoms with E-state index in [-0.39, 0.29) is 34.7 Å². The molecule has 18 heteroatoms. The molecule has 17 nitrogen and oxygen atoms in total. The molecule has 6 aliphatic rings. The van der Waals surface area contributed by atoms with Crippen molar-refractivity contribution in [3.63, 3.8) is 0 Å². The minimum atomic E-state index is -4.60. The van der Waals surface area contributed by atoms with Crippen molar-refractivity contribution in [1.29, 1.82) is 0 Å². The molecule has 11 rings (SSSR count). The number of H-pyrrole nitrogens is 1. The molecule has 2 aromatic heterocycles. The van der Waals surface area contributed by atoms with Crippen LogP contribution in [-0.4, -0.2) is 123 Å². The summed E-state index contributed by atoms with van der Waals surface area (Å²) in [5, 5.41) is 26.8. The molecule has 73 heavy (non-hydrogen) atoms. The van der Waals surface area contributed by atoms with E-state index in [9.17, 15) is 28.4 Å². The van der Waals surface area contributed by atoms with E-state index in [1.165, 1.54) is 23.3 Å². The zero-order valence-corrected chi connectivity index (χ0v) is 43.0. The summed E-state index contributed by atoms with van der Waals surface area (Å²) in [6, 6.07) is 22.8. The predicted octanol–water partition coefficient (Wildman–Crippen LogP) is 8.64. The highest BCUT2D eigenvalue weighted by molar-refractivity contribution is 7.90. The lowest BCUT2D eigenvalue weighted by Gasteiger charge is -2.57. The fourth-order valence-electron chi connectivity index (χ4n) is 12.8. The lowest BCUT2D eigenvalue weighted by Crippen LogP contribution is -2.58. The van der Waals surface area contributed by atoms with Gasteiger partial charge in [0.1, 0.15) is 11.3 Å². The van der Waals surface area contributed by atoms with Crippen molar-refractivity contribution >= 4 is 61.2 Å². The molecular formula is C55H69N9O8S. The Morgan fingerprint density at radius 2 is 1.71 bits per heavy atom. The second-order valence-corrected chi connectivity index (χ2v) is 23.9. The fourth-order valence-corrected chi connectivity index (χ4v) is 13.7. The maximum atomic E-state index is 14.7. The molecule has 5 aromatic rings. The molecule has 1 amide bonds. The quantitative estimate of drug-likeness (QED) is 0.0684. The Kier molecular flexibility index (Phi) is 13.4. The molecule has 5 fully saturated rings. The van der Waals surface area contributed by atoms with Gasteiger partial charge >= 0.3 is 0 Å². The van der Waals surface area contributed by atoms with Crippen molar-refractivity contribution < 1.29 is 32.7 Å². The number of carbonyl (C=O) groups excluding carboxylic acids is 1. The van der Waals surface area contributed by atoms with Crippen LogP contribution in [0.25, 0.3) is 11.0 Å². The number of pyridine rings is 1. The number of aromatic nitrogens is 2. The number of sulfonamides is 1. The van der Waals surface area contributed by atoms with E-state index in [1.807, 2.05) is 31.3 Å². The number of benzene rings is 3. The molecule has 1 spiro atoms. The van der Waals surface area contributed by atoms with Gasteiger partial charge in [0.25, 0.3) is 21.6 Å². The van der Waals surface area contributed by atoms with Crippen LogP contribution < -0.4 is 24.7 Å². The second-order valence-electron chi connectivity index (χ2n) is 22.2. The van der Waals surface area contributed by atoms with E-state index >= 15 is 0 Å². The first-order valence-corrected chi connectivity index (χ1v) is 27.9. The van der Waals surface area contributed by atoms with Gasteiger partial charge in [0.15, 0.2) is 5.82 Å². The van der Waals surface area contributed by atoms with Crippen LogP contribution in [0.1, 0.15) is 112 Å². The first-order chi connectivity index (χ1) is 35.1. The average molecular weight is 1020 g/mol. The van der Waals surface area contributed by atoms with Crippen molar-refractivity contribution in [3.05, 3.63) is 106 Å². The van der Waals surface area contributed by atoms with E-state index in [0.29, 0.717) is 63.4 Å². The Balaban J connectivity index is 0.864. The SMILES string of the molecule is CC(C)c1ccccc1[C@@H]1COCCN1C1CC2(CCN(c3ccc(C(=O)NS(=O)(=O)c4ccc(NC[C@H]5CC[C@](C)(O)CC5)c([N+](=O)[O-])c4)c(N4C[C@@H]5COCCCN5c5nc6[nH]ccc6cc54)c3)CC2)C1. The number of amides is 1. The number of rotatable bonds is 12. The van der Waals surface area contributed by atoms with Gasteiger partial charge in [-0.25, -0.2) is 18.1 Å². The lowest BCUT2D eigenvalue weighted by atomic mass is 9.59. The number of anilines is 5. The lowest BCUT2D eigenvalue weighted by molar-refractivity contribution is -0.384. The van der Waals surface area contributed by atoms with Crippen molar-refractivity contribution in [1.82, 2.24) is 19.6 Å². The number of hydrogen-bond acceptors (Lipinski definition) is 14. The fraction of sp³-hybridized carbons (Fsp3) is 0.527. The molecule has 2 saturated carbocycles. The van der Waals surface area contributed by atoms with Gasteiger partial charge in [-0.15, -0.1) is 0 Å². The number of aliphatic hydroxyl groups is 1. The first-order valence-electron chi connectivity index (χ1n) is 26.4. The molecule has 0 bridgehead atoms. The third kappa shape index (κ3) is 9.88. The van der Waals surface area contributed by atoms with Gasteiger partial charge < -0.3 is 39.6 Å². The number of fused-ring (bicyclic) bond motifs is 4. The first kappa shape index (κ1) is 49.4. The maximum absolute atomic E-state index is 14.7. The zero-order chi connectivity index (χ0) is 50.6. The topological polar surface area (TPSA) is 199 Å². The third-order valence-electron chi connectivity index (χ3n) is 17.0. The summed E-state index contributed by atoms with van der Waals surface area (Å²) in [5.74, 6) is 0.536. The van der Waals surface area contributed by atoms with Crippen LogP contribution in [0.4, 0.5) is 34.3 Å². The van der Waals surface area contributed by atoms with Crippen LogP contribution >= 0.6 is 0 Å². The normalized spacial score (nSPS) is 24.7. The van der Waals surface area contributed by atoms with Gasteiger partial charge in [0, 0.05) is 75.3 Å². The zero-order valence-electron chi connectivity index (χ0n) is 42.2. The van der Waals surface area contributed by atoms with E-state index in [0.717, 1.165) is 112 Å². The number of aromatic amines is 1. The van der Waals surface area contributed by atoms with Gasteiger partial charge in [-0.2, -0.15) is 0 Å². The summed E-state index contributed by atoms with van der Waals surface area (Å²) in [6.45, 7) is 13.1. The van der Waals surface area contributed by atoms with Gasteiger partial charge in [-0.05, 0) is 136 Å². The van der Waals surface area contributed by atoms with Crippen LogP contribution in [0.5, 0.6) is 0 Å². The molecule has 6 heterocycles. The summed E-state index contributed by atoms with van der Waals surface area (Å²) >= 11 is 0. The number of ether oxygens (including phenoxy) is 2. The molecule has 3 saturated heterocycles. The van der Waals surface area contributed by atoms with E-state index < -0.39 is 37.0 Å². The van der Waals surface area contributed by atoms with Crippen LogP contribution in [0.15, 0.2) is 83.9 Å². The van der Waals surface area contributed by atoms with E-state index in [4.69, 9.17) is 14.5 Å². The second kappa shape index (κ2) is 19.8. The highest BCUT2D eigenvalue weighted by Gasteiger charge is 2.50. The number of nitro groups is 1. The molecule has 4 aliphatic heterocycles. The summed E-state index contributed by atoms with van der Waals surface area (Å²) in [4.78, 5) is 44.0. The Labute approximate surface area is 427 Å². The predicted molar refractivity (Wildman–Crippen MR) is 283 cm³/mol. The van der Waals surface area contributed by atoms with Crippen LogP contribution in [0, 0.1) is 21.4 Å². The molecule has 0 radical (unpaired) electrons. The van der Waals surface area contributed by atoms with Crippen LogP contribution in [0.3, 0.4) is 0 Å². The molecule has 2 atom stereocenters. The van der Waals surface area contributed by atoms with Crippen LogP contribution in [-0.2, 0) is 19.5 Å². The van der Waals surface area contributed by atoms with Crippen molar-refractivity contribution in [2.75, 3.05) is 85.7 Å². The number of piperidine rings is 1. The van der Waals surface area contributed by atoms with Crippen molar-refractivity contribution in [3.8, 4) is 0 Å². The largest absolute Gasteiger partial charge is 0.390 e. The molecule has 388 valence electrons. The van der Waals surface area contributed by atoms with Crippen LogP contribution in [0.2, 0.25) is 0 Å². The Morgan fingerprint density at radius 3 is 2.49 bits per heavy atom. The Hall–Kier alpha value is -5.79. The molecule has 4 N–H and O–H groups in total. The molecule has 3 aromatic carbocycles. The standard InChI is InChI=1S/C55H69N9O8S/c1-36(2)43-7-4-5-8-44(43)50-35-72-26-24-61(50)40-30-55(31-40)18-22-60(23-19-55)39-9-11-45(47(28-39)63-33-41-34-71-25-6-21-62(41)52-49(63)27-38-15-20-56-51(38)58-52)53(65)59-73(69,70)42-10-12-46(48(29-42)64(67)68)57-32-37-13-16-54(3,66)17-14-37/h4-5,7-12,15,20,27-29,36-37,40-41,50,57,66H,6,13-14,16-19,21-26,30-35H2,1-3H3,(H,56,58)(H,59,65)/t37-,41-,50+,54-/m1/s1. The maximum Gasteiger partial charge on any atom is 0.293 e. The molecule has 0 unspecified atom stereocenters. The average Bonchev–Trinajstić information content (AvgIpc) is 3.71. The number of nitrogens with zero attached hydrogens (tertiary/aromatic N) is 6. The summed E-state index contributed by atoms with van der Waals surface area (Å²) in [6.07, 6.45) is 9.88. The summed E-state index contributed by atoms with van der Waals surface area (Å²) in [5.41, 5.74) is 5.25. The number of carbonyl (C=O) groups is 1. The van der Waals surface area contributed by atoms with Crippen molar-refractivity contribution in [2.24, 2.45) is 11.3 Å². The van der Waals surface area contributed by atoms with Gasteiger partial charge in [-0.3, -0.25) is 19.8 Å². The molecule has 2 aliphatic carbocycles. The number of morpholine rings is 1. The van der Waals surface area contributed by atoms with Crippen molar-refractivity contribution in [2.45, 2.75) is 113 Å². The number of hydrogen-bond donors (Lipinski definition) is 4. The minimum absolute atomic E-state index is 0.106. The molecular weight excluding hydrogens is 947 g/mol. The number of nitro benzene ring substituents is 1. The Morgan fingerprint density at radius 1 is 0.932 bits per heavy atom. The Bertz CT molecular complexity index is 2970. The monoisotopic (exact) mass is 1020 g/mol. The number of nitrogens with one attached hydrogen (secondary N) is 3. The smallest absolute Gasteiger partial charge is 0.293 e. The highest BCUT2D eigenvalue weighted by Crippen LogP contribution is 2.54. The summed E-state index contributed by atoms with van der Waals surface area (Å²) < 4.78 is 42.9. The highest BCUT2D eigenvalue weighted by atomic mass is 32.2. The summed E-state index contributed by atoms with van der Waals surface area (Å²) in [7, 11) is -4.60.